The molecule has 3 aromatic rings. The smallest absolute Gasteiger partial charge is 0.242 e. The summed E-state index contributed by atoms with van der Waals surface area (Å²) in [4.78, 5) is 20.0. The van der Waals surface area contributed by atoms with Crippen molar-refractivity contribution in [1.82, 2.24) is 19.8 Å². The van der Waals surface area contributed by atoms with E-state index in [1.165, 1.54) is 18.9 Å². The lowest BCUT2D eigenvalue weighted by Crippen LogP contribution is -2.37. The molecule has 1 fully saturated rings. The Morgan fingerprint density at radius 3 is 2.65 bits per heavy atom. The highest BCUT2D eigenvalue weighted by Gasteiger charge is 2.23. The maximum atomic E-state index is 14.3. The number of hydrogen-bond donors (Lipinski definition) is 1. The van der Waals surface area contributed by atoms with Gasteiger partial charge in [-0.1, -0.05) is 41.4 Å². The van der Waals surface area contributed by atoms with Gasteiger partial charge in [0.15, 0.2) is 0 Å². The Balaban J connectivity index is 1.62. The lowest BCUT2D eigenvalue weighted by Gasteiger charge is -2.19. The van der Waals surface area contributed by atoms with E-state index in [0.29, 0.717) is 39.0 Å². The molecule has 2 heterocycles. The summed E-state index contributed by atoms with van der Waals surface area (Å²) in [7, 11) is 0. The third kappa shape index (κ3) is 4.86. The predicted octanol–water partition coefficient (Wildman–Crippen LogP) is 4.85. The molecule has 8 heteroatoms. The number of amides is 1. The molecule has 2 aromatic carbocycles. The van der Waals surface area contributed by atoms with Crippen LogP contribution in [0, 0.1) is 5.82 Å². The van der Waals surface area contributed by atoms with Crippen molar-refractivity contribution in [2.45, 2.75) is 32.2 Å². The van der Waals surface area contributed by atoms with E-state index in [9.17, 15) is 9.18 Å². The van der Waals surface area contributed by atoms with Gasteiger partial charge >= 0.3 is 0 Å². The second-order valence-corrected chi connectivity index (χ2v) is 8.75. The summed E-state index contributed by atoms with van der Waals surface area (Å²) >= 11 is 12.4. The number of carbonyl (C=O) groups is 1. The molecule has 1 amide bonds. The third-order valence-electron chi connectivity index (χ3n) is 5.80. The minimum Gasteiger partial charge on any atom is -0.353 e. The number of likely N-dealkylation sites (tertiary alicyclic amines) is 1. The van der Waals surface area contributed by atoms with Gasteiger partial charge in [0, 0.05) is 19.5 Å². The number of halogens is 3. The minimum absolute atomic E-state index is 0.112. The number of nitrogens with one attached hydrogen (secondary N) is 1. The Bertz CT molecular complexity index is 1090. The zero-order valence-electron chi connectivity index (χ0n) is 17.4. The van der Waals surface area contributed by atoms with Crippen LogP contribution in [0.4, 0.5) is 4.39 Å². The zero-order chi connectivity index (χ0) is 22.0. The van der Waals surface area contributed by atoms with Gasteiger partial charge in [0.25, 0.3) is 0 Å². The molecule has 1 aromatic heterocycles. The van der Waals surface area contributed by atoms with Gasteiger partial charge in [-0.15, -0.1) is 0 Å². The largest absolute Gasteiger partial charge is 0.353 e. The van der Waals surface area contributed by atoms with Gasteiger partial charge in [-0.3, -0.25) is 4.79 Å². The number of benzene rings is 2. The number of carbonyl (C=O) groups excluding carboxylic acids is 1. The Labute approximate surface area is 191 Å². The molecule has 1 atom stereocenters. The van der Waals surface area contributed by atoms with E-state index >= 15 is 0 Å². The summed E-state index contributed by atoms with van der Waals surface area (Å²) in [5.41, 5.74) is 1.83. The van der Waals surface area contributed by atoms with E-state index in [0.717, 1.165) is 19.6 Å². The maximum absolute atomic E-state index is 14.3. The molecule has 0 radical (unpaired) electrons. The molecule has 164 valence electrons. The fourth-order valence-electron chi connectivity index (χ4n) is 4.12. The number of imidazole rings is 1. The van der Waals surface area contributed by atoms with Crippen molar-refractivity contribution in [3.8, 4) is 0 Å². The lowest BCUT2D eigenvalue weighted by molar-refractivity contribution is -0.123. The maximum Gasteiger partial charge on any atom is 0.242 e. The van der Waals surface area contributed by atoms with E-state index in [1.807, 2.05) is 11.5 Å². The molecule has 31 heavy (non-hydrogen) atoms. The number of fused-ring (bicyclic) bond motifs is 1. The number of hydrogen-bond acceptors (Lipinski definition) is 3. The van der Waals surface area contributed by atoms with Gasteiger partial charge in [-0.05, 0) is 56.6 Å². The summed E-state index contributed by atoms with van der Waals surface area (Å²) < 4.78 is 16.1. The SMILES string of the molecule is C[C@H](C(=O)NCCN1CCCC1)n1c(Cc2ccccc2F)nc2cc(Cl)c(Cl)cc21. The monoisotopic (exact) mass is 462 g/mol. The average molecular weight is 463 g/mol. The minimum atomic E-state index is -0.539. The van der Waals surface area contributed by atoms with Crippen LogP contribution in [-0.2, 0) is 11.2 Å². The van der Waals surface area contributed by atoms with Crippen LogP contribution in [0.15, 0.2) is 36.4 Å². The van der Waals surface area contributed by atoms with Gasteiger partial charge in [-0.25, -0.2) is 9.37 Å². The quantitative estimate of drug-likeness (QED) is 0.545. The summed E-state index contributed by atoms with van der Waals surface area (Å²) in [6, 6.07) is 9.43. The Hall–Kier alpha value is -2.15. The molecule has 4 rings (SSSR count). The van der Waals surface area contributed by atoms with Crippen molar-refractivity contribution in [3.05, 3.63) is 63.6 Å². The van der Waals surface area contributed by atoms with Crippen LogP contribution in [0.5, 0.6) is 0 Å². The summed E-state index contributed by atoms with van der Waals surface area (Å²) in [5, 5.41) is 3.80. The third-order valence-corrected chi connectivity index (χ3v) is 6.53. The zero-order valence-corrected chi connectivity index (χ0v) is 18.9. The fraction of sp³-hybridized carbons (Fsp3) is 0.391. The van der Waals surface area contributed by atoms with E-state index < -0.39 is 6.04 Å². The molecule has 1 aliphatic heterocycles. The normalized spacial score (nSPS) is 15.5. The van der Waals surface area contributed by atoms with Gasteiger partial charge in [0.2, 0.25) is 5.91 Å². The highest BCUT2D eigenvalue weighted by Crippen LogP contribution is 2.31. The first kappa shape index (κ1) is 22.1. The molecular formula is C23H25Cl2FN4O. The van der Waals surface area contributed by atoms with Crippen LogP contribution in [0.3, 0.4) is 0 Å². The first-order chi connectivity index (χ1) is 14.9. The van der Waals surface area contributed by atoms with Crippen molar-refractivity contribution in [2.75, 3.05) is 26.2 Å². The molecule has 0 bridgehead atoms. The molecule has 0 saturated carbocycles. The Kier molecular flexibility index (Phi) is 6.80. The van der Waals surface area contributed by atoms with Crippen molar-refractivity contribution >= 4 is 40.1 Å². The fourth-order valence-corrected chi connectivity index (χ4v) is 4.43. The van der Waals surface area contributed by atoms with E-state index in [1.54, 1.807) is 30.3 Å². The standard InChI is InChI=1S/C23H25Cl2FN4O/c1-15(23(31)27-8-11-29-9-4-5-10-29)30-21-14-18(25)17(24)13-20(21)28-22(30)12-16-6-2-3-7-19(16)26/h2-3,6-7,13-15H,4-5,8-12H2,1H3,(H,27,31)/t15-/m1/s1. The van der Waals surface area contributed by atoms with E-state index in [2.05, 4.69) is 15.2 Å². The van der Waals surface area contributed by atoms with Crippen LogP contribution in [0.25, 0.3) is 11.0 Å². The molecule has 0 unspecified atom stereocenters. The topological polar surface area (TPSA) is 50.2 Å². The van der Waals surface area contributed by atoms with Gasteiger partial charge < -0.3 is 14.8 Å². The Morgan fingerprint density at radius 2 is 1.90 bits per heavy atom. The first-order valence-corrected chi connectivity index (χ1v) is 11.3. The second-order valence-electron chi connectivity index (χ2n) is 7.94. The highest BCUT2D eigenvalue weighted by molar-refractivity contribution is 6.42. The molecule has 0 aliphatic carbocycles. The van der Waals surface area contributed by atoms with Crippen LogP contribution in [-0.4, -0.2) is 46.5 Å². The number of nitrogens with zero attached hydrogens (tertiary/aromatic N) is 3. The molecule has 0 spiro atoms. The van der Waals surface area contributed by atoms with Crippen molar-refractivity contribution in [1.29, 1.82) is 0 Å². The number of rotatable bonds is 7. The molecule has 1 saturated heterocycles. The van der Waals surface area contributed by atoms with Crippen molar-refractivity contribution < 1.29 is 9.18 Å². The Morgan fingerprint density at radius 1 is 1.19 bits per heavy atom. The second kappa shape index (κ2) is 9.55. The summed E-state index contributed by atoms with van der Waals surface area (Å²) in [6.45, 7) is 5.42. The van der Waals surface area contributed by atoms with Gasteiger partial charge in [0.05, 0.1) is 21.1 Å². The van der Waals surface area contributed by atoms with Crippen LogP contribution in [0.1, 0.15) is 37.2 Å². The van der Waals surface area contributed by atoms with Crippen LogP contribution >= 0.6 is 23.2 Å². The van der Waals surface area contributed by atoms with Crippen molar-refractivity contribution in [3.63, 3.8) is 0 Å². The van der Waals surface area contributed by atoms with Crippen LogP contribution in [0.2, 0.25) is 10.0 Å². The summed E-state index contributed by atoms with van der Waals surface area (Å²) in [5.74, 6) is 0.167. The van der Waals surface area contributed by atoms with E-state index in [-0.39, 0.29) is 18.1 Å². The molecular weight excluding hydrogens is 438 g/mol. The molecule has 1 aliphatic rings. The van der Waals surface area contributed by atoms with Crippen molar-refractivity contribution in [2.24, 2.45) is 0 Å². The predicted molar refractivity (Wildman–Crippen MR) is 122 cm³/mol. The summed E-state index contributed by atoms with van der Waals surface area (Å²) in [6.07, 6.45) is 2.68. The van der Waals surface area contributed by atoms with Crippen LogP contribution < -0.4 is 5.32 Å². The van der Waals surface area contributed by atoms with E-state index in [4.69, 9.17) is 23.2 Å². The molecule has 1 N–H and O–H groups in total. The highest BCUT2D eigenvalue weighted by atomic mass is 35.5. The van der Waals surface area contributed by atoms with Gasteiger partial charge in [-0.2, -0.15) is 0 Å². The molecule has 5 nitrogen and oxygen atoms in total. The first-order valence-electron chi connectivity index (χ1n) is 10.5. The average Bonchev–Trinajstić information content (AvgIpc) is 3.37. The lowest BCUT2D eigenvalue weighted by atomic mass is 10.1. The number of aromatic nitrogens is 2. The van der Waals surface area contributed by atoms with Gasteiger partial charge in [0.1, 0.15) is 17.7 Å².